The summed E-state index contributed by atoms with van der Waals surface area (Å²) in [6, 6.07) is 2.28. The molecule has 0 spiro atoms. The molecule has 1 rings (SSSR count). The average molecular weight is 237 g/mol. The quantitative estimate of drug-likeness (QED) is 0.338. The lowest BCUT2D eigenvalue weighted by Crippen LogP contribution is -2.04. The molecule has 0 fully saturated rings. The second-order valence-electron chi connectivity index (χ2n) is 3.27. The van der Waals surface area contributed by atoms with Crippen molar-refractivity contribution in [2.45, 2.75) is 13.8 Å². The van der Waals surface area contributed by atoms with E-state index in [1.54, 1.807) is 6.92 Å². The Labute approximate surface area is 97.3 Å². The van der Waals surface area contributed by atoms with Crippen molar-refractivity contribution in [1.82, 2.24) is 0 Å². The number of benzene rings is 1. The number of aldehydes is 1. The summed E-state index contributed by atoms with van der Waals surface area (Å²) >= 11 is 0. The van der Waals surface area contributed by atoms with Gasteiger partial charge in [0.05, 0.1) is 22.7 Å². The molecule has 1 aromatic rings. The van der Waals surface area contributed by atoms with Gasteiger partial charge in [0.2, 0.25) is 0 Å². The van der Waals surface area contributed by atoms with Crippen molar-refractivity contribution < 1.29 is 19.2 Å². The first kappa shape index (κ1) is 12.8. The van der Waals surface area contributed by atoms with E-state index in [0.717, 1.165) is 6.07 Å². The highest BCUT2D eigenvalue weighted by Gasteiger charge is 2.20. The van der Waals surface area contributed by atoms with E-state index in [9.17, 15) is 19.7 Å². The molecule has 0 N–H and O–H groups in total. The number of Topliss-reactive ketones (excluding diaryl/α,β-unsaturated/α-hetero) is 1. The first-order valence-electron chi connectivity index (χ1n) is 4.92. The van der Waals surface area contributed by atoms with Crippen molar-refractivity contribution in [2.24, 2.45) is 0 Å². The fourth-order valence-electron chi connectivity index (χ4n) is 1.39. The molecule has 6 heteroatoms. The van der Waals surface area contributed by atoms with Crippen LogP contribution in [0.4, 0.5) is 5.69 Å². The fraction of sp³-hybridized carbons (Fsp3) is 0.273. The zero-order valence-electron chi connectivity index (χ0n) is 9.43. The largest absolute Gasteiger partial charge is 0.493 e. The van der Waals surface area contributed by atoms with E-state index in [1.165, 1.54) is 13.0 Å². The van der Waals surface area contributed by atoms with Crippen LogP contribution in [-0.4, -0.2) is 23.6 Å². The second kappa shape index (κ2) is 5.20. The molecular formula is C11H11NO5. The molecule has 0 aliphatic rings. The number of nitro benzene ring substituents is 1. The van der Waals surface area contributed by atoms with E-state index in [-0.39, 0.29) is 22.7 Å². The minimum absolute atomic E-state index is 0.101. The van der Waals surface area contributed by atoms with E-state index < -0.39 is 10.6 Å². The molecule has 0 unspecified atom stereocenters. The first-order valence-corrected chi connectivity index (χ1v) is 4.92. The lowest BCUT2D eigenvalue weighted by Gasteiger charge is -2.08. The van der Waals surface area contributed by atoms with Gasteiger partial charge in [-0.3, -0.25) is 19.7 Å². The molecule has 0 saturated carbocycles. The van der Waals surface area contributed by atoms with Gasteiger partial charge in [-0.25, -0.2) is 0 Å². The molecule has 1 aromatic carbocycles. The zero-order chi connectivity index (χ0) is 13.0. The van der Waals surface area contributed by atoms with Crippen molar-refractivity contribution in [3.63, 3.8) is 0 Å². The summed E-state index contributed by atoms with van der Waals surface area (Å²) in [4.78, 5) is 32.1. The number of carbonyl (C=O) groups excluding carboxylic acids is 2. The lowest BCUT2D eigenvalue weighted by atomic mass is 10.1. The first-order chi connectivity index (χ1) is 8.01. The molecule has 0 radical (unpaired) electrons. The zero-order valence-corrected chi connectivity index (χ0v) is 9.43. The fourth-order valence-corrected chi connectivity index (χ4v) is 1.39. The Morgan fingerprint density at radius 3 is 2.59 bits per heavy atom. The summed E-state index contributed by atoms with van der Waals surface area (Å²) in [7, 11) is 0. The third-order valence-corrected chi connectivity index (χ3v) is 2.13. The smallest absolute Gasteiger partial charge is 0.280 e. The van der Waals surface area contributed by atoms with Gasteiger partial charge in [-0.05, 0) is 19.9 Å². The van der Waals surface area contributed by atoms with E-state index in [4.69, 9.17) is 4.74 Å². The maximum Gasteiger partial charge on any atom is 0.280 e. The van der Waals surface area contributed by atoms with Gasteiger partial charge in [-0.15, -0.1) is 0 Å². The van der Waals surface area contributed by atoms with Gasteiger partial charge in [0.15, 0.2) is 12.1 Å². The van der Waals surface area contributed by atoms with Crippen molar-refractivity contribution >= 4 is 17.8 Å². The van der Waals surface area contributed by atoms with Crippen molar-refractivity contribution in [1.29, 1.82) is 0 Å². The minimum Gasteiger partial charge on any atom is -0.493 e. The maximum atomic E-state index is 11.3. The number of ether oxygens (including phenoxy) is 1. The molecule has 0 aliphatic carbocycles. The Balaban J connectivity index is 3.47. The van der Waals surface area contributed by atoms with Crippen LogP contribution in [0, 0.1) is 10.1 Å². The Morgan fingerprint density at radius 1 is 1.53 bits per heavy atom. The van der Waals surface area contributed by atoms with Gasteiger partial charge >= 0.3 is 0 Å². The van der Waals surface area contributed by atoms with Crippen LogP contribution in [0.1, 0.15) is 34.6 Å². The number of nitrogens with zero attached hydrogens (tertiary/aromatic N) is 1. The van der Waals surface area contributed by atoms with Crippen LogP contribution in [0.2, 0.25) is 0 Å². The molecule has 0 atom stereocenters. The highest BCUT2D eigenvalue weighted by atomic mass is 16.6. The highest BCUT2D eigenvalue weighted by Crippen LogP contribution is 2.28. The highest BCUT2D eigenvalue weighted by molar-refractivity contribution is 5.99. The summed E-state index contributed by atoms with van der Waals surface area (Å²) in [6.45, 7) is 3.30. The summed E-state index contributed by atoms with van der Waals surface area (Å²) in [6.07, 6.45) is 0.366. The van der Waals surface area contributed by atoms with E-state index in [1.807, 2.05) is 0 Å². The molecule has 0 amide bonds. The molecule has 0 saturated heterocycles. The summed E-state index contributed by atoms with van der Waals surface area (Å²) in [5.74, 6) is -0.165. The van der Waals surface area contributed by atoms with Crippen LogP contribution in [0.5, 0.6) is 5.75 Å². The number of nitro groups is 1. The lowest BCUT2D eigenvalue weighted by molar-refractivity contribution is -0.385. The Morgan fingerprint density at radius 2 is 2.18 bits per heavy atom. The van der Waals surface area contributed by atoms with E-state index >= 15 is 0 Å². The predicted octanol–water partition coefficient (Wildman–Crippen LogP) is 2.01. The van der Waals surface area contributed by atoms with Gasteiger partial charge in [0.25, 0.3) is 5.69 Å². The van der Waals surface area contributed by atoms with Crippen LogP contribution in [0.25, 0.3) is 0 Å². The van der Waals surface area contributed by atoms with Crippen molar-refractivity contribution in [3.8, 4) is 5.75 Å². The summed E-state index contributed by atoms with van der Waals surface area (Å²) in [5.41, 5.74) is -0.402. The Bertz CT molecular complexity index is 481. The van der Waals surface area contributed by atoms with Crippen LogP contribution >= 0.6 is 0 Å². The molecular weight excluding hydrogens is 226 g/mol. The van der Waals surface area contributed by atoms with E-state index in [0.29, 0.717) is 12.9 Å². The van der Waals surface area contributed by atoms with Crippen molar-refractivity contribution in [3.05, 3.63) is 33.4 Å². The molecule has 0 aromatic heterocycles. The molecule has 0 heterocycles. The van der Waals surface area contributed by atoms with Crippen LogP contribution in [0.3, 0.4) is 0 Å². The van der Waals surface area contributed by atoms with Gasteiger partial charge in [0, 0.05) is 6.07 Å². The standard InChI is InChI=1S/C11H11NO5/c1-3-17-11-4-8(6-13)10(12(15)16)5-9(11)7(2)14/h4-6H,3H2,1-2H3. The van der Waals surface area contributed by atoms with Gasteiger partial charge in [0.1, 0.15) is 5.75 Å². The van der Waals surface area contributed by atoms with Gasteiger partial charge < -0.3 is 4.74 Å². The molecule has 0 aliphatic heterocycles. The Hall–Kier alpha value is -2.24. The molecule has 90 valence electrons. The third-order valence-electron chi connectivity index (χ3n) is 2.13. The minimum atomic E-state index is -0.702. The van der Waals surface area contributed by atoms with Gasteiger partial charge in [-0.2, -0.15) is 0 Å². The molecule has 0 bridgehead atoms. The van der Waals surface area contributed by atoms with Crippen LogP contribution < -0.4 is 4.74 Å². The number of rotatable bonds is 5. The third kappa shape index (κ3) is 2.66. The van der Waals surface area contributed by atoms with Gasteiger partial charge in [-0.1, -0.05) is 0 Å². The van der Waals surface area contributed by atoms with Crippen LogP contribution in [0.15, 0.2) is 12.1 Å². The van der Waals surface area contributed by atoms with E-state index in [2.05, 4.69) is 0 Å². The molecule has 6 nitrogen and oxygen atoms in total. The average Bonchev–Trinajstić information content (AvgIpc) is 2.28. The SMILES string of the molecule is CCOc1cc(C=O)c([N+](=O)[O-])cc1C(C)=O. The topological polar surface area (TPSA) is 86.5 Å². The summed E-state index contributed by atoms with van der Waals surface area (Å²) in [5, 5.41) is 10.7. The number of hydrogen-bond acceptors (Lipinski definition) is 5. The maximum absolute atomic E-state index is 11.3. The number of carbonyl (C=O) groups is 2. The monoisotopic (exact) mass is 237 g/mol. The number of ketones is 1. The summed E-state index contributed by atoms with van der Waals surface area (Å²) < 4.78 is 5.17. The normalized spacial score (nSPS) is 9.76. The van der Waals surface area contributed by atoms with Crippen molar-refractivity contribution in [2.75, 3.05) is 6.61 Å². The molecule has 17 heavy (non-hydrogen) atoms. The second-order valence-corrected chi connectivity index (χ2v) is 3.27. The van der Waals surface area contributed by atoms with Crippen LogP contribution in [-0.2, 0) is 0 Å². The Kier molecular flexibility index (Phi) is 3.92. The number of hydrogen-bond donors (Lipinski definition) is 0. The predicted molar refractivity (Wildman–Crippen MR) is 59.7 cm³/mol.